The predicted molar refractivity (Wildman–Crippen MR) is 102 cm³/mol. The summed E-state index contributed by atoms with van der Waals surface area (Å²) in [4.78, 5) is 9.13. The first-order valence-corrected chi connectivity index (χ1v) is 8.81. The van der Waals surface area contributed by atoms with Gasteiger partial charge in [-0.15, -0.1) is 0 Å². The largest absolute Gasteiger partial charge is 0.499 e. The fourth-order valence-corrected chi connectivity index (χ4v) is 2.68. The summed E-state index contributed by atoms with van der Waals surface area (Å²) in [5.74, 6) is -1.09. The van der Waals surface area contributed by atoms with E-state index < -0.39 is 11.6 Å². The van der Waals surface area contributed by atoms with Gasteiger partial charge in [0.15, 0.2) is 17.8 Å². The van der Waals surface area contributed by atoms with E-state index in [0.717, 1.165) is 12.0 Å². The normalized spacial score (nSPS) is 11.0. The molecular weight excluding hydrogens is 368 g/mol. The van der Waals surface area contributed by atoms with Gasteiger partial charge in [-0.3, -0.25) is 4.84 Å². The number of hydroxylamine groups is 1. The number of hydrogen-bond acceptors (Lipinski definition) is 6. The highest BCUT2D eigenvalue weighted by Gasteiger charge is 2.18. The van der Waals surface area contributed by atoms with E-state index in [0.29, 0.717) is 18.6 Å². The van der Waals surface area contributed by atoms with E-state index in [1.54, 1.807) is 18.2 Å². The van der Waals surface area contributed by atoms with E-state index in [4.69, 9.17) is 14.0 Å². The summed E-state index contributed by atoms with van der Waals surface area (Å²) < 4.78 is 39.5. The van der Waals surface area contributed by atoms with Gasteiger partial charge in [0.2, 0.25) is 0 Å². The van der Waals surface area contributed by atoms with Crippen molar-refractivity contribution in [3.8, 4) is 0 Å². The Kier molecular flexibility index (Phi) is 6.57. The molecule has 0 fully saturated rings. The Morgan fingerprint density at radius 1 is 1.25 bits per heavy atom. The third-order valence-electron chi connectivity index (χ3n) is 4.14. The fourth-order valence-electron chi connectivity index (χ4n) is 2.68. The second-order valence-corrected chi connectivity index (χ2v) is 5.92. The molecule has 0 unspecified atom stereocenters. The van der Waals surface area contributed by atoms with Crippen LogP contribution in [0.1, 0.15) is 18.1 Å². The van der Waals surface area contributed by atoms with E-state index in [1.165, 1.54) is 12.3 Å². The van der Waals surface area contributed by atoms with Gasteiger partial charge < -0.3 is 14.5 Å². The molecule has 0 aliphatic carbocycles. The average Bonchev–Trinajstić information content (AvgIpc) is 3.17. The number of anilines is 2. The molecule has 0 amide bonds. The van der Waals surface area contributed by atoms with Gasteiger partial charge in [0.25, 0.3) is 0 Å². The lowest BCUT2D eigenvalue weighted by atomic mass is 10.1. The van der Waals surface area contributed by atoms with Crippen molar-refractivity contribution in [1.82, 2.24) is 10.5 Å². The molecule has 0 bridgehead atoms. The molecule has 3 rings (SSSR count). The SMILES string of the molecule is C=COCCONCc1cc2ocnc2c(F)c1Nc1ccc(CC)cc1F. The number of rotatable bonds is 10. The first-order valence-electron chi connectivity index (χ1n) is 8.81. The molecule has 1 aromatic heterocycles. The number of nitrogens with one attached hydrogen (secondary N) is 2. The maximum atomic E-state index is 15.0. The molecule has 0 aliphatic heterocycles. The van der Waals surface area contributed by atoms with E-state index >= 15 is 0 Å². The van der Waals surface area contributed by atoms with Crippen LogP contribution in [0.25, 0.3) is 11.1 Å². The van der Waals surface area contributed by atoms with Crippen LogP contribution in [0.3, 0.4) is 0 Å². The van der Waals surface area contributed by atoms with Crippen molar-refractivity contribution in [2.75, 3.05) is 18.5 Å². The van der Waals surface area contributed by atoms with Crippen LogP contribution in [0.2, 0.25) is 0 Å². The fraction of sp³-hybridized carbons (Fsp3) is 0.250. The molecular formula is C20H21F2N3O3. The second-order valence-electron chi connectivity index (χ2n) is 5.92. The molecule has 148 valence electrons. The van der Waals surface area contributed by atoms with Gasteiger partial charge in [0, 0.05) is 6.54 Å². The van der Waals surface area contributed by atoms with Gasteiger partial charge in [0.1, 0.15) is 24.5 Å². The van der Waals surface area contributed by atoms with Crippen molar-refractivity contribution in [1.29, 1.82) is 0 Å². The number of aryl methyl sites for hydroxylation is 1. The molecule has 6 nitrogen and oxygen atoms in total. The lowest BCUT2D eigenvalue weighted by Crippen LogP contribution is -2.18. The lowest BCUT2D eigenvalue weighted by Gasteiger charge is -2.15. The Morgan fingerprint density at radius 2 is 2.11 bits per heavy atom. The molecule has 2 aromatic carbocycles. The maximum Gasteiger partial charge on any atom is 0.182 e. The van der Waals surface area contributed by atoms with Crippen LogP contribution in [0.15, 0.2) is 47.9 Å². The Labute approximate surface area is 161 Å². The summed E-state index contributed by atoms with van der Waals surface area (Å²) >= 11 is 0. The highest BCUT2D eigenvalue weighted by atomic mass is 19.1. The van der Waals surface area contributed by atoms with Gasteiger partial charge in [0.05, 0.1) is 17.6 Å². The van der Waals surface area contributed by atoms with Crippen LogP contribution in [-0.4, -0.2) is 18.2 Å². The van der Waals surface area contributed by atoms with Crippen LogP contribution in [0.5, 0.6) is 0 Å². The second kappa shape index (κ2) is 9.29. The molecule has 0 spiro atoms. The van der Waals surface area contributed by atoms with Crippen LogP contribution >= 0.6 is 0 Å². The zero-order valence-electron chi connectivity index (χ0n) is 15.4. The van der Waals surface area contributed by atoms with Crippen LogP contribution in [-0.2, 0) is 22.5 Å². The van der Waals surface area contributed by atoms with Gasteiger partial charge in [-0.1, -0.05) is 19.6 Å². The zero-order valence-corrected chi connectivity index (χ0v) is 15.4. The smallest absolute Gasteiger partial charge is 0.182 e. The van der Waals surface area contributed by atoms with Gasteiger partial charge in [-0.2, -0.15) is 5.48 Å². The zero-order chi connectivity index (χ0) is 19.9. The number of hydrogen-bond donors (Lipinski definition) is 2. The summed E-state index contributed by atoms with van der Waals surface area (Å²) in [6, 6.07) is 6.43. The van der Waals surface area contributed by atoms with E-state index in [1.807, 2.05) is 6.92 Å². The quantitative estimate of drug-likeness (QED) is 0.300. The number of nitrogens with zero attached hydrogens (tertiary/aromatic N) is 1. The average molecular weight is 389 g/mol. The minimum Gasteiger partial charge on any atom is -0.499 e. The predicted octanol–water partition coefficient (Wildman–Crippen LogP) is 4.59. The van der Waals surface area contributed by atoms with E-state index in [9.17, 15) is 8.78 Å². The molecule has 8 heteroatoms. The lowest BCUT2D eigenvalue weighted by molar-refractivity contribution is 0.0107. The number of aromatic nitrogens is 1. The minimum atomic E-state index is -0.628. The molecule has 2 N–H and O–H groups in total. The molecule has 0 saturated heterocycles. The molecule has 3 aromatic rings. The minimum absolute atomic E-state index is 0.0668. The monoisotopic (exact) mass is 389 g/mol. The third kappa shape index (κ3) is 4.47. The molecule has 1 heterocycles. The molecule has 0 aliphatic rings. The molecule has 0 atom stereocenters. The number of oxazole rings is 1. The first-order chi connectivity index (χ1) is 13.6. The highest BCUT2D eigenvalue weighted by Crippen LogP contribution is 2.31. The van der Waals surface area contributed by atoms with Crippen molar-refractivity contribution in [3.63, 3.8) is 0 Å². The highest BCUT2D eigenvalue weighted by molar-refractivity contribution is 5.82. The van der Waals surface area contributed by atoms with Crippen molar-refractivity contribution >= 4 is 22.5 Å². The summed E-state index contributed by atoms with van der Waals surface area (Å²) in [6.45, 7) is 6.12. The van der Waals surface area contributed by atoms with E-state index in [2.05, 4.69) is 22.4 Å². The van der Waals surface area contributed by atoms with Crippen molar-refractivity contribution in [2.24, 2.45) is 0 Å². The molecule has 0 saturated carbocycles. The number of ether oxygens (including phenoxy) is 1. The topological polar surface area (TPSA) is 68.5 Å². The summed E-state index contributed by atoms with van der Waals surface area (Å²) in [7, 11) is 0. The number of benzene rings is 2. The molecule has 0 radical (unpaired) electrons. The van der Waals surface area contributed by atoms with Crippen LogP contribution in [0.4, 0.5) is 20.2 Å². The van der Waals surface area contributed by atoms with Crippen molar-refractivity contribution in [2.45, 2.75) is 19.9 Å². The summed E-state index contributed by atoms with van der Waals surface area (Å²) in [5, 5.41) is 2.84. The Bertz CT molecular complexity index is 959. The Hall–Kier alpha value is -2.97. The van der Waals surface area contributed by atoms with Crippen LogP contribution < -0.4 is 10.8 Å². The van der Waals surface area contributed by atoms with Crippen molar-refractivity contribution < 1.29 is 22.8 Å². The van der Waals surface area contributed by atoms with Gasteiger partial charge in [-0.25, -0.2) is 13.8 Å². The summed E-state index contributed by atoms with van der Waals surface area (Å²) in [6.07, 6.45) is 3.18. The van der Waals surface area contributed by atoms with Gasteiger partial charge in [-0.05, 0) is 35.7 Å². The summed E-state index contributed by atoms with van der Waals surface area (Å²) in [5.41, 5.74) is 4.69. The Morgan fingerprint density at radius 3 is 2.86 bits per heavy atom. The number of halogens is 2. The van der Waals surface area contributed by atoms with Crippen molar-refractivity contribution in [3.05, 3.63) is 66.3 Å². The van der Waals surface area contributed by atoms with Gasteiger partial charge >= 0.3 is 0 Å². The molecule has 28 heavy (non-hydrogen) atoms. The Balaban J connectivity index is 1.84. The third-order valence-corrected chi connectivity index (χ3v) is 4.14. The van der Waals surface area contributed by atoms with Crippen LogP contribution in [0, 0.1) is 11.6 Å². The van der Waals surface area contributed by atoms with E-state index in [-0.39, 0.29) is 35.6 Å². The number of fused-ring (bicyclic) bond motifs is 1. The first kappa shape index (κ1) is 19.8. The maximum absolute atomic E-state index is 15.0. The standard InChI is InChI=1S/C20H21F2N3O3/c1-3-13-5-6-16(15(21)9-13)25-19-14(11-24-28-8-7-26-4-2)10-17-20(18(19)22)23-12-27-17/h4-6,9-10,12,24-25H,2-3,7-8,11H2,1H3.